The lowest BCUT2D eigenvalue weighted by atomic mass is 9.92. The number of hydrogen-bond donors (Lipinski definition) is 2. The van der Waals surface area contributed by atoms with Crippen molar-refractivity contribution in [1.82, 2.24) is 5.32 Å². The number of nitro benzene ring substituents is 1. The van der Waals surface area contributed by atoms with Gasteiger partial charge in [-0.1, -0.05) is 42.5 Å². The van der Waals surface area contributed by atoms with Crippen LogP contribution in [0.3, 0.4) is 0 Å². The topological polar surface area (TPSA) is 75.4 Å². The summed E-state index contributed by atoms with van der Waals surface area (Å²) in [5, 5.41) is 23.7. The number of nitro groups is 1. The highest BCUT2D eigenvalue weighted by Crippen LogP contribution is 2.21. The van der Waals surface area contributed by atoms with Crippen LogP contribution >= 0.6 is 0 Å². The Morgan fingerprint density at radius 1 is 1.19 bits per heavy atom. The van der Waals surface area contributed by atoms with E-state index < -0.39 is 10.5 Å². The van der Waals surface area contributed by atoms with Crippen LogP contribution in [0.1, 0.15) is 18.1 Å². The van der Waals surface area contributed by atoms with Gasteiger partial charge in [-0.2, -0.15) is 0 Å². The third-order valence-electron chi connectivity index (χ3n) is 3.53. The molecule has 21 heavy (non-hydrogen) atoms. The van der Waals surface area contributed by atoms with Crippen LogP contribution in [0, 0.1) is 10.1 Å². The zero-order valence-electron chi connectivity index (χ0n) is 11.8. The van der Waals surface area contributed by atoms with Gasteiger partial charge in [0.2, 0.25) is 0 Å². The molecule has 5 nitrogen and oxygen atoms in total. The molecule has 0 aromatic heterocycles. The van der Waals surface area contributed by atoms with Crippen LogP contribution in [0.5, 0.6) is 0 Å². The van der Waals surface area contributed by atoms with Gasteiger partial charge < -0.3 is 10.4 Å². The predicted molar refractivity (Wildman–Crippen MR) is 80.8 cm³/mol. The van der Waals surface area contributed by atoms with Gasteiger partial charge in [0.05, 0.1) is 17.1 Å². The van der Waals surface area contributed by atoms with Crippen molar-refractivity contribution in [3.8, 4) is 0 Å². The lowest BCUT2D eigenvalue weighted by molar-refractivity contribution is -0.384. The zero-order valence-corrected chi connectivity index (χ0v) is 11.8. The van der Waals surface area contributed by atoms with E-state index >= 15 is 0 Å². The minimum Gasteiger partial charge on any atom is -0.394 e. The number of aliphatic hydroxyl groups excluding tert-OH is 1. The van der Waals surface area contributed by atoms with E-state index in [2.05, 4.69) is 5.32 Å². The molecule has 1 unspecified atom stereocenters. The molecule has 0 fully saturated rings. The number of non-ortho nitro benzene ring substituents is 1. The van der Waals surface area contributed by atoms with E-state index in [4.69, 9.17) is 0 Å². The maximum absolute atomic E-state index is 10.8. The molecule has 2 N–H and O–H groups in total. The Balaban J connectivity index is 2.13. The molecular formula is C16H18N2O3. The average Bonchev–Trinajstić information content (AvgIpc) is 2.53. The molecule has 0 saturated carbocycles. The fraction of sp³-hybridized carbons (Fsp3) is 0.250. The van der Waals surface area contributed by atoms with Gasteiger partial charge in [-0.05, 0) is 18.1 Å². The molecular weight excluding hydrogens is 268 g/mol. The highest BCUT2D eigenvalue weighted by molar-refractivity contribution is 5.34. The van der Waals surface area contributed by atoms with E-state index in [1.807, 2.05) is 43.3 Å². The van der Waals surface area contributed by atoms with Crippen LogP contribution in [0.2, 0.25) is 0 Å². The minimum absolute atomic E-state index is 0.0636. The standard InChI is InChI=1S/C16H18N2O3/c1-16(12-19,14-7-3-2-4-8-14)17-11-13-6-5-9-15(10-13)18(20)21/h2-10,17,19H,11-12H2,1H3. The van der Waals surface area contributed by atoms with Crippen LogP contribution in [0.4, 0.5) is 5.69 Å². The van der Waals surface area contributed by atoms with E-state index in [0.717, 1.165) is 11.1 Å². The molecule has 1 atom stereocenters. The largest absolute Gasteiger partial charge is 0.394 e. The molecule has 0 aliphatic carbocycles. The van der Waals surface area contributed by atoms with E-state index in [1.165, 1.54) is 12.1 Å². The SMILES string of the molecule is CC(CO)(NCc1cccc([N+](=O)[O-])c1)c1ccccc1. The molecule has 0 bridgehead atoms. The second-order valence-electron chi connectivity index (χ2n) is 5.14. The smallest absolute Gasteiger partial charge is 0.269 e. The summed E-state index contributed by atoms with van der Waals surface area (Å²) in [6.07, 6.45) is 0. The second kappa shape index (κ2) is 6.47. The first-order chi connectivity index (χ1) is 10.0. The summed E-state index contributed by atoms with van der Waals surface area (Å²) in [5.41, 5.74) is 1.25. The van der Waals surface area contributed by atoms with Gasteiger partial charge in [0, 0.05) is 18.7 Å². The Morgan fingerprint density at radius 3 is 2.52 bits per heavy atom. The van der Waals surface area contributed by atoms with Crippen molar-refractivity contribution < 1.29 is 10.0 Å². The number of aliphatic hydroxyl groups is 1. The Morgan fingerprint density at radius 2 is 1.90 bits per heavy atom. The highest BCUT2D eigenvalue weighted by Gasteiger charge is 2.24. The van der Waals surface area contributed by atoms with Crippen molar-refractivity contribution in [1.29, 1.82) is 0 Å². The van der Waals surface area contributed by atoms with Crippen molar-refractivity contribution in [2.75, 3.05) is 6.61 Å². The quantitative estimate of drug-likeness (QED) is 0.632. The number of rotatable bonds is 6. The fourth-order valence-electron chi connectivity index (χ4n) is 2.13. The summed E-state index contributed by atoms with van der Waals surface area (Å²) in [7, 11) is 0. The van der Waals surface area contributed by atoms with Crippen molar-refractivity contribution in [2.45, 2.75) is 19.0 Å². The molecule has 2 rings (SSSR count). The Kier molecular flexibility index (Phi) is 4.67. The first kappa shape index (κ1) is 15.2. The third-order valence-corrected chi connectivity index (χ3v) is 3.53. The van der Waals surface area contributed by atoms with Crippen LogP contribution in [-0.2, 0) is 12.1 Å². The van der Waals surface area contributed by atoms with Gasteiger partial charge in [-0.25, -0.2) is 0 Å². The summed E-state index contributed by atoms with van der Waals surface area (Å²) in [6, 6.07) is 16.1. The lowest BCUT2D eigenvalue weighted by Crippen LogP contribution is -2.42. The Labute approximate surface area is 123 Å². The number of benzene rings is 2. The molecule has 0 aliphatic rings. The van der Waals surface area contributed by atoms with Crippen molar-refractivity contribution in [3.63, 3.8) is 0 Å². The molecule has 0 spiro atoms. The molecule has 0 amide bonds. The monoisotopic (exact) mass is 286 g/mol. The molecule has 0 aliphatic heterocycles. The maximum atomic E-state index is 10.8. The zero-order chi connectivity index (χ0) is 15.3. The van der Waals surface area contributed by atoms with Gasteiger partial charge in [0.25, 0.3) is 5.69 Å². The summed E-state index contributed by atoms with van der Waals surface area (Å²) >= 11 is 0. The lowest BCUT2D eigenvalue weighted by Gasteiger charge is -2.29. The molecule has 2 aromatic rings. The summed E-state index contributed by atoms with van der Waals surface area (Å²) in [4.78, 5) is 10.4. The first-order valence-corrected chi connectivity index (χ1v) is 6.70. The Hall–Kier alpha value is -2.24. The van der Waals surface area contributed by atoms with Gasteiger partial charge >= 0.3 is 0 Å². The average molecular weight is 286 g/mol. The van der Waals surface area contributed by atoms with Crippen LogP contribution in [0.15, 0.2) is 54.6 Å². The maximum Gasteiger partial charge on any atom is 0.269 e. The van der Waals surface area contributed by atoms with Gasteiger partial charge in [0.15, 0.2) is 0 Å². The molecule has 0 heterocycles. The number of nitrogens with one attached hydrogen (secondary N) is 1. The van der Waals surface area contributed by atoms with E-state index in [9.17, 15) is 15.2 Å². The van der Waals surface area contributed by atoms with E-state index in [1.54, 1.807) is 6.07 Å². The van der Waals surface area contributed by atoms with Crippen LogP contribution < -0.4 is 5.32 Å². The summed E-state index contributed by atoms with van der Waals surface area (Å²) in [6.45, 7) is 2.28. The second-order valence-corrected chi connectivity index (χ2v) is 5.14. The molecule has 0 radical (unpaired) electrons. The Bertz CT molecular complexity index is 616. The van der Waals surface area contributed by atoms with Crippen molar-refractivity contribution >= 4 is 5.69 Å². The van der Waals surface area contributed by atoms with Gasteiger partial charge in [-0.3, -0.25) is 10.1 Å². The van der Waals surface area contributed by atoms with Crippen molar-refractivity contribution in [2.24, 2.45) is 0 Å². The molecule has 5 heteroatoms. The molecule has 0 saturated heterocycles. The van der Waals surface area contributed by atoms with Gasteiger partial charge in [-0.15, -0.1) is 0 Å². The third kappa shape index (κ3) is 3.65. The van der Waals surface area contributed by atoms with Crippen molar-refractivity contribution in [3.05, 3.63) is 75.8 Å². The normalized spacial score (nSPS) is 13.6. The van der Waals surface area contributed by atoms with E-state index in [-0.39, 0.29) is 12.3 Å². The predicted octanol–water partition coefficient (Wildman–Crippen LogP) is 2.59. The number of nitrogens with zero attached hydrogens (tertiary/aromatic N) is 1. The highest BCUT2D eigenvalue weighted by atomic mass is 16.6. The van der Waals surface area contributed by atoms with E-state index in [0.29, 0.717) is 6.54 Å². The minimum atomic E-state index is -0.591. The fourth-order valence-corrected chi connectivity index (χ4v) is 2.13. The van der Waals surface area contributed by atoms with Crippen LogP contribution in [0.25, 0.3) is 0 Å². The molecule has 110 valence electrons. The summed E-state index contributed by atoms with van der Waals surface area (Å²) < 4.78 is 0. The van der Waals surface area contributed by atoms with Crippen LogP contribution in [-0.4, -0.2) is 16.6 Å². The molecule has 2 aromatic carbocycles. The first-order valence-electron chi connectivity index (χ1n) is 6.70. The summed E-state index contributed by atoms with van der Waals surface area (Å²) in [5.74, 6) is 0. The van der Waals surface area contributed by atoms with Gasteiger partial charge in [0.1, 0.15) is 0 Å². The number of hydrogen-bond acceptors (Lipinski definition) is 4.